The summed E-state index contributed by atoms with van der Waals surface area (Å²) in [7, 11) is 2.02. The van der Waals surface area contributed by atoms with Crippen LogP contribution in [0.25, 0.3) is 0 Å². The first-order chi connectivity index (χ1) is 7.58. The van der Waals surface area contributed by atoms with Crippen LogP contribution in [-0.2, 0) is 0 Å². The summed E-state index contributed by atoms with van der Waals surface area (Å²) < 4.78 is 0. The number of thioether (sulfide) groups is 1. The molecule has 0 aliphatic carbocycles. The highest BCUT2D eigenvalue weighted by molar-refractivity contribution is 7.98. The zero-order chi connectivity index (χ0) is 12.1. The lowest BCUT2D eigenvalue weighted by molar-refractivity contribution is 0.751. The van der Waals surface area contributed by atoms with Crippen molar-refractivity contribution in [1.82, 2.24) is 4.98 Å². The number of aryl methyl sites for hydroxylation is 1. The Balaban J connectivity index is 2.95. The summed E-state index contributed by atoms with van der Waals surface area (Å²) in [5.74, 6) is 1.92. The van der Waals surface area contributed by atoms with E-state index < -0.39 is 0 Å². The van der Waals surface area contributed by atoms with Gasteiger partial charge in [-0.2, -0.15) is 17.0 Å². The van der Waals surface area contributed by atoms with Gasteiger partial charge in [0, 0.05) is 24.5 Å². The molecule has 0 radical (unpaired) electrons. The van der Waals surface area contributed by atoms with Gasteiger partial charge in [-0.1, -0.05) is 0 Å². The molecule has 0 amide bonds. The molecule has 0 saturated heterocycles. The number of nitrogens with zero attached hydrogens (tertiary/aromatic N) is 3. The lowest BCUT2D eigenvalue weighted by Crippen LogP contribution is -2.31. The molecule has 1 atom stereocenters. The van der Waals surface area contributed by atoms with Gasteiger partial charge in [0.25, 0.3) is 0 Å². The standard InChI is InChI=1S/C12H17N3S/c1-9-5-11(7-13)6-12(14-9)15(3)10(2)8-16-4/h5-6,10H,8H2,1-4H3. The van der Waals surface area contributed by atoms with Crippen LogP contribution in [0.1, 0.15) is 18.2 Å². The highest BCUT2D eigenvalue weighted by Crippen LogP contribution is 2.16. The first-order valence-corrected chi connectivity index (χ1v) is 6.58. The van der Waals surface area contributed by atoms with Crippen molar-refractivity contribution >= 4 is 17.6 Å². The van der Waals surface area contributed by atoms with E-state index in [-0.39, 0.29) is 0 Å². The molecule has 0 aromatic carbocycles. The number of pyridine rings is 1. The van der Waals surface area contributed by atoms with Crippen LogP contribution in [0, 0.1) is 18.3 Å². The zero-order valence-electron chi connectivity index (χ0n) is 10.2. The van der Waals surface area contributed by atoms with Gasteiger partial charge in [0.05, 0.1) is 11.6 Å². The SMILES string of the molecule is CSCC(C)N(C)c1cc(C#N)cc(C)n1. The van der Waals surface area contributed by atoms with Crippen LogP contribution in [0.5, 0.6) is 0 Å². The van der Waals surface area contributed by atoms with Gasteiger partial charge in [-0.3, -0.25) is 0 Å². The molecule has 1 heterocycles. The molecule has 86 valence electrons. The molecule has 0 saturated carbocycles. The molecule has 1 unspecified atom stereocenters. The summed E-state index contributed by atoms with van der Waals surface area (Å²) in [6.45, 7) is 4.07. The van der Waals surface area contributed by atoms with Gasteiger partial charge in [0.1, 0.15) is 5.82 Å². The number of aromatic nitrogens is 1. The minimum atomic E-state index is 0.413. The Morgan fingerprint density at radius 2 is 2.25 bits per heavy atom. The number of nitriles is 1. The second-order valence-electron chi connectivity index (χ2n) is 3.88. The topological polar surface area (TPSA) is 39.9 Å². The maximum absolute atomic E-state index is 8.91. The average Bonchev–Trinajstić information content (AvgIpc) is 2.27. The van der Waals surface area contributed by atoms with Gasteiger partial charge in [-0.05, 0) is 32.2 Å². The number of rotatable bonds is 4. The van der Waals surface area contributed by atoms with Gasteiger partial charge < -0.3 is 4.90 Å². The normalized spacial score (nSPS) is 11.9. The van der Waals surface area contributed by atoms with E-state index >= 15 is 0 Å². The lowest BCUT2D eigenvalue weighted by Gasteiger charge is -2.25. The van der Waals surface area contributed by atoms with E-state index in [1.807, 2.05) is 31.8 Å². The molecule has 0 bridgehead atoms. The summed E-state index contributed by atoms with van der Waals surface area (Å²) in [5, 5.41) is 8.91. The fraction of sp³-hybridized carbons (Fsp3) is 0.500. The molecule has 0 aliphatic rings. The molecule has 1 rings (SSSR count). The predicted octanol–water partition coefficient (Wildman–Crippen LogP) is 2.45. The smallest absolute Gasteiger partial charge is 0.130 e. The minimum Gasteiger partial charge on any atom is -0.356 e. The van der Waals surface area contributed by atoms with Crippen LogP contribution >= 0.6 is 11.8 Å². The van der Waals surface area contributed by atoms with Crippen molar-refractivity contribution in [3.63, 3.8) is 0 Å². The van der Waals surface area contributed by atoms with Crippen LogP contribution in [0.2, 0.25) is 0 Å². The van der Waals surface area contributed by atoms with Gasteiger partial charge in [0.15, 0.2) is 0 Å². The maximum Gasteiger partial charge on any atom is 0.130 e. The average molecular weight is 235 g/mol. The van der Waals surface area contributed by atoms with E-state index in [9.17, 15) is 0 Å². The van der Waals surface area contributed by atoms with Crippen molar-refractivity contribution in [3.8, 4) is 6.07 Å². The van der Waals surface area contributed by atoms with Crippen molar-refractivity contribution in [3.05, 3.63) is 23.4 Å². The number of hydrogen-bond acceptors (Lipinski definition) is 4. The Kier molecular flexibility index (Phi) is 4.63. The third kappa shape index (κ3) is 3.14. The first-order valence-electron chi connectivity index (χ1n) is 5.19. The van der Waals surface area contributed by atoms with Gasteiger partial charge in [-0.25, -0.2) is 4.98 Å². The largest absolute Gasteiger partial charge is 0.356 e. The third-order valence-corrected chi connectivity index (χ3v) is 3.32. The second kappa shape index (κ2) is 5.76. The Morgan fingerprint density at radius 3 is 2.81 bits per heavy atom. The van der Waals surface area contributed by atoms with E-state index in [4.69, 9.17) is 5.26 Å². The van der Waals surface area contributed by atoms with E-state index in [0.29, 0.717) is 11.6 Å². The molecule has 0 spiro atoms. The van der Waals surface area contributed by atoms with Crippen molar-refractivity contribution in [1.29, 1.82) is 5.26 Å². The number of hydrogen-bond donors (Lipinski definition) is 0. The molecule has 0 aliphatic heterocycles. The molecule has 4 heteroatoms. The summed E-state index contributed by atoms with van der Waals surface area (Å²) in [6, 6.07) is 6.21. The quantitative estimate of drug-likeness (QED) is 0.803. The summed E-state index contributed by atoms with van der Waals surface area (Å²) in [5.41, 5.74) is 1.56. The van der Waals surface area contributed by atoms with Crippen molar-refractivity contribution in [2.45, 2.75) is 19.9 Å². The Labute approximate surface area is 101 Å². The maximum atomic E-state index is 8.91. The molecule has 0 fully saturated rings. The lowest BCUT2D eigenvalue weighted by atomic mass is 10.2. The second-order valence-corrected chi connectivity index (χ2v) is 4.79. The summed E-state index contributed by atoms with van der Waals surface area (Å²) >= 11 is 1.81. The highest BCUT2D eigenvalue weighted by Gasteiger charge is 2.11. The van der Waals surface area contributed by atoms with Crippen LogP contribution in [0.15, 0.2) is 12.1 Å². The van der Waals surface area contributed by atoms with Gasteiger partial charge in [0.2, 0.25) is 0 Å². The van der Waals surface area contributed by atoms with E-state index in [0.717, 1.165) is 17.3 Å². The van der Waals surface area contributed by atoms with E-state index in [1.54, 1.807) is 6.07 Å². The molecule has 1 aromatic heterocycles. The fourth-order valence-corrected chi connectivity index (χ4v) is 2.18. The van der Waals surface area contributed by atoms with Gasteiger partial charge in [-0.15, -0.1) is 0 Å². The predicted molar refractivity (Wildman–Crippen MR) is 69.9 cm³/mol. The van der Waals surface area contributed by atoms with Crippen molar-refractivity contribution in [2.75, 3.05) is 24.0 Å². The Bertz CT molecular complexity index is 398. The van der Waals surface area contributed by atoms with E-state index in [2.05, 4.69) is 29.1 Å². The summed E-state index contributed by atoms with van der Waals surface area (Å²) in [6.07, 6.45) is 2.09. The third-order valence-electron chi connectivity index (χ3n) is 2.50. The molecule has 3 nitrogen and oxygen atoms in total. The Hall–Kier alpha value is -1.21. The Morgan fingerprint density at radius 1 is 1.56 bits per heavy atom. The van der Waals surface area contributed by atoms with E-state index in [1.165, 1.54) is 0 Å². The van der Waals surface area contributed by atoms with Crippen LogP contribution < -0.4 is 4.90 Å². The highest BCUT2D eigenvalue weighted by atomic mass is 32.2. The monoisotopic (exact) mass is 235 g/mol. The van der Waals surface area contributed by atoms with Gasteiger partial charge >= 0.3 is 0 Å². The molecular weight excluding hydrogens is 218 g/mol. The van der Waals surface area contributed by atoms with Crippen LogP contribution in [0.3, 0.4) is 0 Å². The molecular formula is C12H17N3S. The van der Waals surface area contributed by atoms with Crippen LogP contribution in [0.4, 0.5) is 5.82 Å². The molecule has 0 N–H and O–H groups in total. The van der Waals surface area contributed by atoms with Crippen molar-refractivity contribution in [2.24, 2.45) is 0 Å². The summed E-state index contributed by atoms with van der Waals surface area (Å²) in [4.78, 5) is 6.57. The fourth-order valence-electron chi connectivity index (χ4n) is 1.48. The first kappa shape index (κ1) is 12.9. The zero-order valence-corrected chi connectivity index (χ0v) is 11.0. The minimum absolute atomic E-state index is 0.413. The van der Waals surface area contributed by atoms with Crippen LogP contribution in [-0.4, -0.2) is 30.1 Å². The number of anilines is 1. The molecule has 1 aromatic rings. The molecule has 16 heavy (non-hydrogen) atoms. The van der Waals surface area contributed by atoms with Crippen molar-refractivity contribution < 1.29 is 0 Å².